The molecule has 0 aromatic heterocycles. The van der Waals surface area contributed by atoms with E-state index >= 15 is 0 Å². The monoisotopic (exact) mass is 662 g/mol. The van der Waals surface area contributed by atoms with Gasteiger partial charge in [0.05, 0.1) is 11.8 Å². The first kappa shape index (κ1) is 34.7. The van der Waals surface area contributed by atoms with Gasteiger partial charge >= 0.3 is 0 Å². The molecule has 6 nitrogen and oxygen atoms in total. The van der Waals surface area contributed by atoms with Gasteiger partial charge in [0.1, 0.15) is 9.49 Å². The van der Waals surface area contributed by atoms with Gasteiger partial charge in [-0.25, -0.2) is 0 Å². The van der Waals surface area contributed by atoms with Gasteiger partial charge in [-0.15, -0.1) is 23.5 Å². The molecule has 0 spiro atoms. The Hall–Kier alpha value is -2.58. The van der Waals surface area contributed by atoms with Crippen LogP contribution in [0.2, 0.25) is 0 Å². The molecule has 2 aromatic rings. The molecule has 0 radical (unpaired) electrons. The Morgan fingerprint density at radius 1 is 0.565 bits per heavy atom. The molecule has 46 heavy (non-hydrogen) atoms. The van der Waals surface area contributed by atoms with E-state index in [1.165, 1.54) is 59.5 Å². The fourth-order valence-electron chi connectivity index (χ4n) is 7.90. The lowest BCUT2D eigenvalue weighted by Crippen LogP contribution is -2.54. The van der Waals surface area contributed by atoms with Crippen LogP contribution in [0.4, 0.5) is 0 Å². The van der Waals surface area contributed by atoms with Crippen molar-refractivity contribution in [2.45, 2.75) is 99.4 Å². The molecular weight excluding hydrogens is 613 g/mol. The molecule has 0 unspecified atom stereocenters. The Kier molecular flexibility index (Phi) is 11.4. The fraction of sp³-hybridized carbons (Fsp3) is 0.579. The first-order valence-electron chi connectivity index (χ1n) is 17.3. The number of unbranched alkanes of at least 4 members (excludes halogenated alkanes) is 6. The molecule has 2 aliphatic heterocycles. The van der Waals surface area contributed by atoms with E-state index in [0.29, 0.717) is 0 Å². The zero-order valence-corrected chi connectivity index (χ0v) is 29.5. The minimum Gasteiger partial charge on any atom is -0.284 e. The topological polar surface area (TPSA) is 74.8 Å². The Morgan fingerprint density at radius 2 is 0.935 bits per heavy atom. The van der Waals surface area contributed by atoms with E-state index in [2.05, 4.69) is 38.1 Å². The lowest BCUT2D eigenvalue weighted by molar-refractivity contribution is -0.139. The van der Waals surface area contributed by atoms with Crippen LogP contribution >= 0.6 is 23.5 Å². The van der Waals surface area contributed by atoms with Gasteiger partial charge < -0.3 is 0 Å². The Balaban J connectivity index is 0.000000181. The van der Waals surface area contributed by atoms with Crippen molar-refractivity contribution in [2.75, 3.05) is 25.6 Å². The van der Waals surface area contributed by atoms with Crippen molar-refractivity contribution in [3.05, 3.63) is 71.8 Å². The third-order valence-corrected chi connectivity index (χ3v) is 14.1. The highest BCUT2D eigenvalue weighted by Gasteiger charge is 2.70. The molecule has 2 heterocycles. The summed E-state index contributed by atoms with van der Waals surface area (Å²) in [5.74, 6) is 2.10. The molecule has 6 atom stereocenters. The second kappa shape index (κ2) is 15.1. The molecule has 2 aromatic carbocycles. The Bertz CT molecular complexity index is 1280. The third kappa shape index (κ3) is 6.09. The second-order valence-electron chi connectivity index (χ2n) is 13.3. The number of hydrogen-bond donors (Lipinski definition) is 0. The normalized spacial score (nSPS) is 29.6. The average molecular weight is 663 g/mol. The van der Waals surface area contributed by atoms with Crippen LogP contribution in [0.25, 0.3) is 0 Å². The van der Waals surface area contributed by atoms with E-state index < -0.39 is 9.49 Å². The van der Waals surface area contributed by atoms with E-state index in [9.17, 15) is 19.2 Å². The number of likely N-dealkylation sites (tertiary alicyclic amines) is 2. The number of carbonyl (C=O) groups excluding carboxylic acids is 4. The molecule has 2 saturated heterocycles. The third-order valence-electron chi connectivity index (χ3n) is 10.6. The molecule has 2 saturated carbocycles. The fourth-order valence-corrected chi connectivity index (χ4v) is 11.5. The zero-order chi connectivity index (χ0) is 32.9. The van der Waals surface area contributed by atoms with Gasteiger partial charge in [0.15, 0.2) is 0 Å². The molecule has 2 aliphatic carbocycles. The number of fused-ring (bicyclic) bond motifs is 2. The van der Waals surface area contributed by atoms with Crippen LogP contribution in [0.1, 0.15) is 101 Å². The molecule has 4 aliphatic rings. The largest absolute Gasteiger partial charge is 0.284 e. The average Bonchev–Trinajstić information content (AvgIpc) is 3.28. The predicted molar refractivity (Wildman–Crippen MR) is 189 cm³/mol. The highest BCUT2D eigenvalue weighted by atomic mass is 32.2. The maximum Gasteiger partial charge on any atom is 0.246 e. The van der Waals surface area contributed by atoms with Crippen LogP contribution in [0.5, 0.6) is 0 Å². The van der Waals surface area contributed by atoms with Gasteiger partial charge in [0, 0.05) is 25.9 Å². The molecule has 4 fully saturated rings. The summed E-state index contributed by atoms with van der Waals surface area (Å²) in [6, 6.07) is 20.5. The van der Waals surface area contributed by atoms with Gasteiger partial charge in [-0.2, -0.15) is 0 Å². The van der Waals surface area contributed by atoms with Crippen molar-refractivity contribution in [2.24, 2.45) is 11.8 Å². The van der Waals surface area contributed by atoms with Gasteiger partial charge in [0.25, 0.3) is 0 Å². The number of hydrogen-bond acceptors (Lipinski definition) is 6. The van der Waals surface area contributed by atoms with Crippen molar-refractivity contribution >= 4 is 47.2 Å². The highest BCUT2D eigenvalue weighted by molar-refractivity contribution is 8.01. The summed E-state index contributed by atoms with van der Waals surface area (Å²) in [6.45, 7) is 4.40. The van der Waals surface area contributed by atoms with E-state index in [0.717, 1.165) is 37.2 Å². The predicted octanol–water partition coefficient (Wildman–Crippen LogP) is 7.68. The maximum absolute atomic E-state index is 12.9. The lowest BCUT2D eigenvalue weighted by atomic mass is 9.62. The van der Waals surface area contributed by atoms with E-state index in [4.69, 9.17) is 0 Å². The number of carbonyl (C=O) groups is 4. The highest BCUT2D eigenvalue weighted by Crippen LogP contribution is 2.63. The van der Waals surface area contributed by atoms with Crippen LogP contribution in [0.15, 0.2) is 60.7 Å². The van der Waals surface area contributed by atoms with Crippen LogP contribution in [0.3, 0.4) is 0 Å². The molecular formula is C38H50N2O4S2. The Labute approximate surface area is 283 Å². The van der Waals surface area contributed by atoms with Crippen molar-refractivity contribution in [1.82, 2.24) is 9.80 Å². The van der Waals surface area contributed by atoms with E-state index in [-0.39, 0.29) is 47.3 Å². The number of benzene rings is 2. The van der Waals surface area contributed by atoms with Crippen molar-refractivity contribution in [3.63, 3.8) is 0 Å². The quantitative estimate of drug-likeness (QED) is 0.153. The molecule has 6 rings (SSSR count). The summed E-state index contributed by atoms with van der Waals surface area (Å²) in [5.41, 5.74) is 2.39. The van der Waals surface area contributed by atoms with E-state index in [1.807, 2.05) is 36.4 Å². The molecule has 8 heteroatoms. The van der Waals surface area contributed by atoms with Crippen LogP contribution in [0, 0.1) is 11.8 Å². The first-order valence-corrected chi connectivity index (χ1v) is 19.2. The summed E-state index contributed by atoms with van der Waals surface area (Å²) < 4.78 is -1.08. The molecule has 4 amide bonds. The Morgan fingerprint density at radius 3 is 1.26 bits per heavy atom. The number of rotatable bonds is 14. The van der Waals surface area contributed by atoms with Crippen molar-refractivity contribution < 1.29 is 19.2 Å². The minimum atomic E-state index is -0.542. The zero-order valence-electron chi connectivity index (χ0n) is 27.9. The second-order valence-corrected chi connectivity index (χ2v) is 16.1. The number of nitrogens with zero attached hydrogens (tertiary/aromatic N) is 2. The smallest absolute Gasteiger partial charge is 0.246 e. The van der Waals surface area contributed by atoms with Crippen LogP contribution in [-0.4, -0.2) is 68.5 Å². The van der Waals surface area contributed by atoms with Crippen LogP contribution < -0.4 is 0 Å². The molecule has 248 valence electrons. The summed E-state index contributed by atoms with van der Waals surface area (Å²) in [4.78, 5) is 53.3. The summed E-state index contributed by atoms with van der Waals surface area (Å²) in [7, 11) is 3.29. The van der Waals surface area contributed by atoms with Gasteiger partial charge in [-0.1, -0.05) is 113 Å². The lowest BCUT2D eigenvalue weighted by Gasteiger charge is -2.48. The van der Waals surface area contributed by atoms with Gasteiger partial charge in [-0.05, 0) is 48.3 Å². The van der Waals surface area contributed by atoms with E-state index in [1.54, 1.807) is 37.6 Å². The molecule has 0 N–H and O–H groups in total. The number of amides is 4. The molecule has 0 bridgehead atoms. The maximum atomic E-state index is 12.9. The first-order chi connectivity index (χ1) is 22.3. The summed E-state index contributed by atoms with van der Waals surface area (Å²) >= 11 is 3.48. The standard InChI is InChI=1S/2C19H25NO2S/c2*1-3-4-5-9-12-23-19-15(14-10-7-6-8-11-14)13-16(19)17(21)20(2)18(19)22/h2*6-8,10-11,15-16H,3-5,9,12-13H2,1-2H3/t15-,16+,19-;15-,16-,19+/m01/s1. The number of imide groups is 2. The minimum absolute atomic E-state index is 0.0169. The van der Waals surface area contributed by atoms with Crippen LogP contribution in [-0.2, 0) is 19.2 Å². The van der Waals surface area contributed by atoms with Gasteiger partial charge in [-0.3, -0.25) is 29.0 Å². The van der Waals surface area contributed by atoms with Crippen molar-refractivity contribution in [3.8, 4) is 0 Å². The number of thioether (sulfide) groups is 2. The van der Waals surface area contributed by atoms with Crippen molar-refractivity contribution in [1.29, 1.82) is 0 Å². The summed E-state index contributed by atoms with van der Waals surface area (Å²) in [6.07, 6.45) is 11.2. The SMILES string of the molecule is CCCCCCS[C@]12C(=O)N(C)C(=O)[C@H]1C[C@@H]2c1ccccc1.CCCCCCS[C@]12C(=O)N(C)C(=O)[C@H]1C[C@H]2c1ccccc1. The summed E-state index contributed by atoms with van der Waals surface area (Å²) in [5, 5.41) is 0. The van der Waals surface area contributed by atoms with Gasteiger partial charge in [0.2, 0.25) is 23.6 Å².